The van der Waals surface area contributed by atoms with Crippen molar-refractivity contribution < 1.29 is 0 Å². The molecular formula is C17H20N2. The molecule has 0 saturated heterocycles. The Kier molecular flexibility index (Phi) is 1.73. The fourth-order valence-corrected chi connectivity index (χ4v) is 5.82. The molecule has 0 N–H and O–H groups in total. The Labute approximate surface area is 114 Å². The lowest BCUT2D eigenvalue weighted by atomic mass is 9.56. The van der Waals surface area contributed by atoms with E-state index < -0.39 is 0 Å². The van der Waals surface area contributed by atoms with Crippen molar-refractivity contribution in [2.45, 2.75) is 50.6 Å². The van der Waals surface area contributed by atoms with Crippen LogP contribution >= 0.6 is 0 Å². The number of azo groups is 1. The van der Waals surface area contributed by atoms with E-state index in [0.717, 1.165) is 23.7 Å². The molecule has 98 valence electrons. The van der Waals surface area contributed by atoms with Gasteiger partial charge in [0, 0.05) is 5.41 Å². The van der Waals surface area contributed by atoms with Crippen LogP contribution in [0, 0.1) is 17.3 Å². The van der Waals surface area contributed by atoms with Gasteiger partial charge >= 0.3 is 0 Å². The van der Waals surface area contributed by atoms with Crippen molar-refractivity contribution in [2.24, 2.45) is 27.5 Å². The van der Waals surface area contributed by atoms with E-state index in [1.165, 1.54) is 12.8 Å². The van der Waals surface area contributed by atoms with Gasteiger partial charge < -0.3 is 0 Å². The fourth-order valence-electron chi connectivity index (χ4n) is 5.82. The molecule has 2 heteroatoms. The average molecular weight is 252 g/mol. The predicted octanol–water partition coefficient (Wildman–Crippen LogP) is 4.14. The Morgan fingerprint density at radius 2 is 1.37 bits per heavy atom. The third-order valence-corrected chi connectivity index (χ3v) is 6.53. The minimum absolute atomic E-state index is 0.290. The summed E-state index contributed by atoms with van der Waals surface area (Å²) in [6, 6.07) is 10.1. The third kappa shape index (κ3) is 1.03. The van der Waals surface area contributed by atoms with Gasteiger partial charge in [0.25, 0.3) is 0 Å². The zero-order valence-electron chi connectivity index (χ0n) is 11.6. The summed E-state index contributed by atoms with van der Waals surface area (Å²) in [5, 5.41) is 9.32. The van der Waals surface area contributed by atoms with E-state index in [1.54, 1.807) is 11.1 Å². The van der Waals surface area contributed by atoms with Crippen molar-refractivity contribution in [3.63, 3.8) is 0 Å². The summed E-state index contributed by atoms with van der Waals surface area (Å²) in [7, 11) is 0. The van der Waals surface area contributed by atoms with Crippen LogP contribution in [0.15, 0.2) is 34.5 Å². The van der Waals surface area contributed by atoms with Crippen LogP contribution in [-0.2, 0) is 0 Å². The van der Waals surface area contributed by atoms with E-state index in [9.17, 15) is 0 Å². The van der Waals surface area contributed by atoms with E-state index in [4.69, 9.17) is 0 Å². The van der Waals surface area contributed by atoms with Crippen LogP contribution in [0.3, 0.4) is 0 Å². The van der Waals surface area contributed by atoms with Crippen molar-refractivity contribution in [3.8, 4) is 0 Å². The topological polar surface area (TPSA) is 24.7 Å². The molecule has 0 radical (unpaired) electrons. The lowest BCUT2D eigenvalue weighted by molar-refractivity contribution is 0.141. The van der Waals surface area contributed by atoms with Gasteiger partial charge in [-0.15, -0.1) is 0 Å². The fraction of sp³-hybridized carbons (Fsp3) is 0.647. The summed E-state index contributed by atoms with van der Waals surface area (Å²) < 4.78 is 0. The quantitative estimate of drug-likeness (QED) is 0.663. The molecule has 2 fully saturated rings. The first-order valence-corrected chi connectivity index (χ1v) is 7.68. The molecular weight excluding hydrogens is 232 g/mol. The first kappa shape index (κ1) is 10.6. The molecule has 2 saturated carbocycles. The summed E-state index contributed by atoms with van der Waals surface area (Å²) in [5.41, 5.74) is 3.56. The van der Waals surface area contributed by atoms with Crippen molar-refractivity contribution in [3.05, 3.63) is 35.4 Å². The van der Waals surface area contributed by atoms with Crippen LogP contribution in [0.5, 0.6) is 0 Å². The number of hydrogen-bond donors (Lipinski definition) is 0. The van der Waals surface area contributed by atoms with Gasteiger partial charge in [-0.3, -0.25) is 0 Å². The maximum absolute atomic E-state index is 4.66. The molecule has 1 aromatic carbocycles. The van der Waals surface area contributed by atoms with Gasteiger partial charge in [-0.1, -0.05) is 38.1 Å². The molecule has 1 aliphatic heterocycles. The summed E-state index contributed by atoms with van der Waals surface area (Å²) in [6.07, 6.45) is 2.75. The standard InChI is InChI=1S/C17H20N2/c1-17(2)15-13-11-7-8-12(14(13)16(17)19-18-15)10-6-4-3-5-9(10)11/h3-6,11-16H,7-8H2,1-2H3. The van der Waals surface area contributed by atoms with Gasteiger partial charge in [0.15, 0.2) is 0 Å². The highest BCUT2D eigenvalue weighted by atomic mass is 15.2. The molecule has 6 rings (SSSR count). The van der Waals surface area contributed by atoms with E-state index >= 15 is 0 Å². The maximum atomic E-state index is 4.66. The van der Waals surface area contributed by atoms with Crippen molar-refractivity contribution >= 4 is 0 Å². The highest BCUT2D eigenvalue weighted by Gasteiger charge is 2.66. The zero-order valence-corrected chi connectivity index (χ0v) is 11.6. The van der Waals surface area contributed by atoms with E-state index in [0.29, 0.717) is 12.1 Å². The summed E-state index contributed by atoms with van der Waals surface area (Å²) in [5.74, 6) is 3.04. The number of fused-ring (bicyclic) bond motifs is 3. The number of nitrogens with zero attached hydrogens (tertiary/aromatic N) is 2. The average Bonchev–Trinajstić information content (AvgIpc) is 2.87. The second-order valence-corrected chi connectivity index (χ2v) is 7.52. The Morgan fingerprint density at radius 3 is 1.84 bits per heavy atom. The summed E-state index contributed by atoms with van der Waals surface area (Å²) in [6.45, 7) is 4.79. The monoisotopic (exact) mass is 252 g/mol. The van der Waals surface area contributed by atoms with Gasteiger partial charge in [-0.05, 0) is 47.6 Å². The lowest BCUT2D eigenvalue weighted by Gasteiger charge is -2.49. The SMILES string of the molecule is CC1(C)C2N=NC1C1C3CCC(c4ccccc43)C12. The Bertz CT molecular complexity index is 540. The molecule has 6 atom stereocenters. The molecule has 5 aliphatic rings. The summed E-state index contributed by atoms with van der Waals surface area (Å²) >= 11 is 0. The normalized spacial score (nSPS) is 47.3. The molecule has 6 unspecified atom stereocenters. The van der Waals surface area contributed by atoms with Gasteiger partial charge in [0.1, 0.15) is 0 Å². The van der Waals surface area contributed by atoms with E-state index in [-0.39, 0.29) is 5.41 Å². The van der Waals surface area contributed by atoms with Crippen molar-refractivity contribution in [1.82, 2.24) is 0 Å². The number of rotatable bonds is 0. The van der Waals surface area contributed by atoms with Crippen molar-refractivity contribution in [2.75, 3.05) is 0 Å². The third-order valence-electron chi connectivity index (χ3n) is 6.53. The first-order chi connectivity index (χ1) is 9.19. The highest BCUT2D eigenvalue weighted by Crippen LogP contribution is 2.68. The molecule has 4 bridgehead atoms. The predicted molar refractivity (Wildman–Crippen MR) is 74.4 cm³/mol. The molecule has 4 aliphatic carbocycles. The second kappa shape index (κ2) is 3.11. The Morgan fingerprint density at radius 1 is 0.895 bits per heavy atom. The summed E-state index contributed by atoms with van der Waals surface area (Å²) in [4.78, 5) is 0. The van der Waals surface area contributed by atoms with Gasteiger partial charge in [0.2, 0.25) is 0 Å². The van der Waals surface area contributed by atoms with Crippen LogP contribution in [-0.4, -0.2) is 12.1 Å². The Balaban J connectivity index is 1.73. The van der Waals surface area contributed by atoms with Gasteiger partial charge in [-0.2, -0.15) is 10.2 Å². The van der Waals surface area contributed by atoms with Crippen molar-refractivity contribution in [1.29, 1.82) is 0 Å². The largest absolute Gasteiger partial charge is 0.190 e. The van der Waals surface area contributed by atoms with Crippen LogP contribution in [0.4, 0.5) is 0 Å². The van der Waals surface area contributed by atoms with E-state index in [1.807, 2.05) is 0 Å². The molecule has 0 aromatic heterocycles. The Hall–Kier alpha value is -1.18. The maximum Gasteiger partial charge on any atom is 0.0817 e. The minimum Gasteiger partial charge on any atom is -0.190 e. The first-order valence-electron chi connectivity index (χ1n) is 7.68. The molecule has 1 heterocycles. The molecule has 1 aromatic rings. The smallest absolute Gasteiger partial charge is 0.0817 e. The second-order valence-electron chi connectivity index (χ2n) is 7.52. The molecule has 2 nitrogen and oxygen atoms in total. The van der Waals surface area contributed by atoms with Crippen LogP contribution in [0.25, 0.3) is 0 Å². The highest BCUT2D eigenvalue weighted by molar-refractivity contribution is 5.43. The molecule has 0 spiro atoms. The zero-order chi connectivity index (χ0) is 12.8. The van der Waals surface area contributed by atoms with Gasteiger partial charge in [-0.25, -0.2) is 0 Å². The van der Waals surface area contributed by atoms with E-state index in [2.05, 4.69) is 48.3 Å². The number of benzene rings is 1. The van der Waals surface area contributed by atoms with Crippen LogP contribution in [0.2, 0.25) is 0 Å². The lowest BCUT2D eigenvalue weighted by Crippen LogP contribution is -2.42. The van der Waals surface area contributed by atoms with Crippen LogP contribution < -0.4 is 0 Å². The molecule has 19 heavy (non-hydrogen) atoms. The number of hydrogen-bond acceptors (Lipinski definition) is 2. The van der Waals surface area contributed by atoms with Gasteiger partial charge in [0.05, 0.1) is 12.1 Å². The van der Waals surface area contributed by atoms with Crippen LogP contribution in [0.1, 0.15) is 49.7 Å². The minimum atomic E-state index is 0.290. The molecule has 0 amide bonds.